The molecule has 106 valence electrons. The highest BCUT2D eigenvalue weighted by Crippen LogP contribution is 2.06. The highest BCUT2D eigenvalue weighted by Gasteiger charge is 2.15. The lowest BCUT2D eigenvalue weighted by atomic mass is 10.3. The Kier molecular flexibility index (Phi) is 4.99. The quantitative estimate of drug-likeness (QED) is 0.742. The number of piperazine rings is 1. The SMILES string of the molecule is CCOC(=O)c1cccn1CCN1CCN(C)CC1. The largest absolute Gasteiger partial charge is 0.461 e. The molecule has 0 aliphatic carbocycles. The number of likely N-dealkylation sites (N-methyl/N-ethyl adjacent to an activating group) is 1. The van der Waals surface area contributed by atoms with E-state index in [0.717, 1.165) is 39.3 Å². The van der Waals surface area contributed by atoms with E-state index in [1.165, 1.54) is 0 Å². The predicted molar refractivity (Wildman–Crippen MR) is 74.3 cm³/mol. The maximum Gasteiger partial charge on any atom is 0.354 e. The smallest absolute Gasteiger partial charge is 0.354 e. The molecular weight excluding hydrogens is 242 g/mol. The van der Waals surface area contributed by atoms with Crippen molar-refractivity contribution in [3.63, 3.8) is 0 Å². The van der Waals surface area contributed by atoms with Gasteiger partial charge in [0.15, 0.2) is 0 Å². The summed E-state index contributed by atoms with van der Waals surface area (Å²) in [5.41, 5.74) is 0.649. The Morgan fingerprint density at radius 1 is 1.26 bits per heavy atom. The molecule has 0 unspecified atom stereocenters. The number of aromatic nitrogens is 1. The molecule has 2 rings (SSSR count). The lowest BCUT2D eigenvalue weighted by molar-refractivity contribution is 0.0512. The number of carbonyl (C=O) groups is 1. The van der Waals surface area contributed by atoms with Crippen molar-refractivity contribution in [1.29, 1.82) is 0 Å². The van der Waals surface area contributed by atoms with Crippen LogP contribution in [-0.4, -0.2) is 66.7 Å². The van der Waals surface area contributed by atoms with Gasteiger partial charge in [-0.25, -0.2) is 4.79 Å². The minimum atomic E-state index is -0.231. The first-order valence-electron chi connectivity index (χ1n) is 6.94. The van der Waals surface area contributed by atoms with Crippen molar-refractivity contribution < 1.29 is 9.53 Å². The summed E-state index contributed by atoms with van der Waals surface area (Å²) >= 11 is 0. The zero-order valence-corrected chi connectivity index (χ0v) is 11.8. The van der Waals surface area contributed by atoms with Gasteiger partial charge in [0.1, 0.15) is 5.69 Å². The molecule has 0 saturated carbocycles. The number of hydrogen-bond acceptors (Lipinski definition) is 4. The zero-order chi connectivity index (χ0) is 13.7. The van der Waals surface area contributed by atoms with Crippen molar-refractivity contribution in [3.05, 3.63) is 24.0 Å². The van der Waals surface area contributed by atoms with Crippen molar-refractivity contribution in [3.8, 4) is 0 Å². The molecule has 1 saturated heterocycles. The van der Waals surface area contributed by atoms with E-state index in [0.29, 0.717) is 12.3 Å². The topological polar surface area (TPSA) is 37.7 Å². The molecule has 0 N–H and O–H groups in total. The van der Waals surface area contributed by atoms with Crippen molar-refractivity contribution in [2.24, 2.45) is 0 Å². The molecule has 1 aromatic rings. The van der Waals surface area contributed by atoms with Crippen molar-refractivity contribution in [2.75, 3.05) is 46.4 Å². The second-order valence-electron chi connectivity index (χ2n) is 4.95. The first-order valence-corrected chi connectivity index (χ1v) is 6.94. The van der Waals surface area contributed by atoms with Gasteiger partial charge in [-0.1, -0.05) is 0 Å². The second-order valence-corrected chi connectivity index (χ2v) is 4.95. The molecule has 0 aromatic carbocycles. The van der Waals surface area contributed by atoms with Crippen LogP contribution in [0.5, 0.6) is 0 Å². The molecule has 1 fully saturated rings. The molecule has 0 atom stereocenters. The summed E-state index contributed by atoms with van der Waals surface area (Å²) in [4.78, 5) is 16.5. The van der Waals surface area contributed by atoms with Gasteiger partial charge in [0.05, 0.1) is 6.61 Å². The second kappa shape index (κ2) is 6.73. The molecule has 1 aliphatic rings. The summed E-state index contributed by atoms with van der Waals surface area (Å²) in [5.74, 6) is -0.231. The van der Waals surface area contributed by atoms with E-state index in [1.54, 1.807) is 0 Å². The fourth-order valence-electron chi connectivity index (χ4n) is 2.32. The third-order valence-electron chi connectivity index (χ3n) is 3.57. The van der Waals surface area contributed by atoms with Crippen LogP contribution in [0.4, 0.5) is 0 Å². The van der Waals surface area contributed by atoms with Crippen LogP contribution in [0.1, 0.15) is 17.4 Å². The lowest BCUT2D eigenvalue weighted by Crippen LogP contribution is -2.45. The van der Waals surface area contributed by atoms with Gasteiger partial charge in [0.25, 0.3) is 0 Å². The Morgan fingerprint density at radius 3 is 2.68 bits per heavy atom. The minimum absolute atomic E-state index is 0.231. The molecule has 2 heterocycles. The molecule has 5 heteroatoms. The van der Waals surface area contributed by atoms with Crippen LogP contribution in [-0.2, 0) is 11.3 Å². The van der Waals surface area contributed by atoms with Crippen LogP contribution in [0.2, 0.25) is 0 Å². The molecule has 1 aliphatic heterocycles. The Morgan fingerprint density at radius 2 is 2.00 bits per heavy atom. The molecule has 0 bridgehead atoms. The molecular formula is C14H23N3O2. The maximum absolute atomic E-state index is 11.8. The van der Waals surface area contributed by atoms with Gasteiger partial charge in [-0.05, 0) is 26.1 Å². The molecule has 1 aromatic heterocycles. The van der Waals surface area contributed by atoms with Gasteiger partial charge in [-0.2, -0.15) is 0 Å². The fraction of sp³-hybridized carbons (Fsp3) is 0.643. The summed E-state index contributed by atoms with van der Waals surface area (Å²) in [6.45, 7) is 8.52. The van der Waals surface area contributed by atoms with Gasteiger partial charge in [0, 0.05) is 45.5 Å². The van der Waals surface area contributed by atoms with Crippen LogP contribution in [0.3, 0.4) is 0 Å². The van der Waals surface area contributed by atoms with Gasteiger partial charge in [-0.3, -0.25) is 4.90 Å². The van der Waals surface area contributed by atoms with Crippen LogP contribution in [0, 0.1) is 0 Å². The van der Waals surface area contributed by atoms with E-state index in [9.17, 15) is 4.79 Å². The number of nitrogens with zero attached hydrogens (tertiary/aromatic N) is 3. The van der Waals surface area contributed by atoms with E-state index >= 15 is 0 Å². The minimum Gasteiger partial charge on any atom is -0.461 e. The highest BCUT2D eigenvalue weighted by atomic mass is 16.5. The van der Waals surface area contributed by atoms with E-state index in [4.69, 9.17) is 4.74 Å². The lowest BCUT2D eigenvalue weighted by Gasteiger charge is -2.32. The normalized spacial score (nSPS) is 17.6. The summed E-state index contributed by atoms with van der Waals surface area (Å²) in [5, 5.41) is 0. The third kappa shape index (κ3) is 3.81. The molecule has 0 spiro atoms. The predicted octanol–water partition coefficient (Wildman–Crippen LogP) is 0.912. The van der Waals surface area contributed by atoms with Gasteiger partial charge < -0.3 is 14.2 Å². The molecule has 5 nitrogen and oxygen atoms in total. The average molecular weight is 265 g/mol. The van der Waals surface area contributed by atoms with Crippen molar-refractivity contribution in [1.82, 2.24) is 14.4 Å². The molecule has 0 amide bonds. The number of esters is 1. The summed E-state index contributed by atoms with van der Waals surface area (Å²) < 4.78 is 7.04. The van der Waals surface area contributed by atoms with Gasteiger partial charge in [-0.15, -0.1) is 0 Å². The number of rotatable bonds is 5. The van der Waals surface area contributed by atoms with E-state index < -0.39 is 0 Å². The Labute approximate surface area is 114 Å². The third-order valence-corrected chi connectivity index (χ3v) is 3.57. The van der Waals surface area contributed by atoms with Crippen LogP contribution in [0.25, 0.3) is 0 Å². The summed E-state index contributed by atoms with van der Waals surface area (Å²) in [6.07, 6.45) is 1.95. The van der Waals surface area contributed by atoms with Gasteiger partial charge >= 0.3 is 5.97 Å². The number of ether oxygens (including phenoxy) is 1. The van der Waals surface area contributed by atoms with Crippen molar-refractivity contribution in [2.45, 2.75) is 13.5 Å². The Hall–Kier alpha value is -1.33. The van der Waals surface area contributed by atoms with Gasteiger partial charge in [0.2, 0.25) is 0 Å². The van der Waals surface area contributed by atoms with Crippen molar-refractivity contribution >= 4 is 5.97 Å². The monoisotopic (exact) mass is 265 g/mol. The average Bonchev–Trinajstić information content (AvgIpc) is 2.87. The first kappa shape index (κ1) is 14.1. The first-order chi connectivity index (χ1) is 9.20. The Bertz CT molecular complexity index is 409. The standard InChI is InChI=1S/C14H23N3O2/c1-3-19-14(18)13-5-4-6-17(13)12-11-16-9-7-15(2)8-10-16/h4-6H,3,7-12H2,1-2H3. The summed E-state index contributed by atoms with van der Waals surface area (Å²) in [6, 6.07) is 3.72. The maximum atomic E-state index is 11.8. The van der Waals surface area contributed by atoms with Crippen LogP contribution >= 0.6 is 0 Å². The van der Waals surface area contributed by atoms with Crippen LogP contribution in [0.15, 0.2) is 18.3 Å². The van der Waals surface area contributed by atoms with E-state index in [2.05, 4.69) is 16.8 Å². The number of hydrogen-bond donors (Lipinski definition) is 0. The zero-order valence-electron chi connectivity index (χ0n) is 11.8. The summed E-state index contributed by atoms with van der Waals surface area (Å²) in [7, 11) is 2.15. The van der Waals surface area contributed by atoms with E-state index in [-0.39, 0.29) is 5.97 Å². The molecule has 0 radical (unpaired) electrons. The fourth-order valence-corrected chi connectivity index (χ4v) is 2.32. The molecule has 19 heavy (non-hydrogen) atoms. The Balaban J connectivity index is 1.86. The number of carbonyl (C=O) groups excluding carboxylic acids is 1. The van der Waals surface area contributed by atoms with Crippen LogP contribution < -0.4 is 0 Å². The van der Waals surface area contributed by atoms with E-state index in [1.807, 2.05) is 29.8 Å². The highest BCUT2D eigenvalue weighted by molar-refractivity contribution is 5.87.